The van der Waals surface area contributed by atoms with Crippen molar-refractivity contribution in [1.82, 2.24) is 5.32 Å². The Morgan fingerprint density at radius 3 is 2.52 bits per heavy atom. The topological polar surface area (TPSA) is 79.8 Å². The average Bonchev–Trinajstić information content (AvgIpc) is 2.57. The summed E-state index contributed by atoms with van der Waals surface area (Å²) in [4.78, 5) is 10.7. The van der Waals surface area contributed by atoms with Gasteiger partial charge in [0, 0.05) is 32.8 Å². The van der Waals surface area contributed by atoms with Gasteiger partial charge in [-0.15, -0.1) is 0 Å². The third kappa shape index (κ3) is 8.17. The van der Waals surface area contributed by atoms with E-state index in [1.807, 2.05) is 0 Å². The van der Waals surface area contributed by atoms with Crippen molar-refractivity contribution in [2.45, 2.75) is 63.5 Å². The van der Waals surface area contributed by atoms with Crippen LogP contribution in [0.25, 0.3) is 0 Å². The van der Waals surface area contributed by atoms with E-state index in [0.717, 1.165) is 37.4 Å². The molecule has 0 aliphatic heterocycles. The van der Waals surface area contributed by atoms with Crippen LogP contribution in [-0.4, -0.2) is 44.8 Å². The van der Waals surface area contributed by atoms with Crippen molar-refractivity contribution in [3.63, 3.8) is 0 Å². The van der Waals surface area contributed by atoms with E-state index in [1.54, 1.807) is 6.07 Å². The molecule has 1 amide bonds. The van der Waals surface area contributed by atoms with E-state index in [1.165, 1.54) is 12.1 Å². The lowest BCUT2D eigenvalue weighted by atomic mass is 9.91. The largest absolute Gasteiger partial charge is 0.465 e. The van der Waals surface area contributed by atoms with Gasteiger partial charge in [-0.25, -0.2) is 9.18 Å². The molecule has 0 radical (unpaired) electrons. The molecule has 27 heavy (non-hydrogen) atoms. The number of amides is 1. The smallest absolute Gasteiger partial charge is 0.404 e. The number of hydrogen-bond acceptors (Lipinski definition) is 4. The number of carboxylic acid groups (broad SMARTS) is 1. The molecule has 0 heterocycles. The second-order valence-corrected chi connectivity index (χ2v) is 13.9. The third-order valence-corrected chi connectivity index (χ3v) is 6.36. The Labute approximate surface area is 161 Å². The summed E-state index contributed by atoms with van der Waals surface area (Å²) in [5.74, 6) is 0.0841. The first kappa shape index (κ1) is 21.5. The zero-order valence-corrected chi connectivity index (χ0v) is 17.4. The molecule has 1 aliphatic carbocycles. The minimum absolute atomic E-state index is 0.00394. The normalized spacial score (nSPS) is 20.1. The van der Waals surface area contributed by atoms with Crippen LogP contribution in [0.5, 0.6) is 5.75 Å². The summed E-state index contributed by atoms with van der Waals surface area (Å²) in [6.07, 6.45) is 2.26. The number of hydrogen-bond donors (Lipinski definition) is 3. The molecule has 8 heteroatoms. The Bertz CT molecular complexity index is 616. The first-order chi connectivity index (χ1) is 12.7. The van der Waals surface area contributed by atoms with Gasteiger partial charge in [-0.1, -0.05) is 19.6 Å². The highest BCUT2D eigenvalue weighted by Gasteiger charge is 2.23. The predicted octanol–water partition coefficient (Wildman–Crippen LogP) is 4.51. The average molecular weight is 399 g/mol. The Hall–Kier alpha value is -1.80. The Kier molecular flexibility index (Phi) is 7.91. The quantitative estimate of drug-likeness (QED) is 0.324. The van der Waals surface area contributed by atoms with Crippen molar-refractivity contribution in [3.8, 4) is 5.75 Å². The monoisotopic (exact) mass is 398 g/mol. The maximum atomic E-state index is 13.6. The van der Waals surface area contributed by atoms with Crippen LogP contribution in [0.1, 0.15) is 25.7 Å². The maximum absolute atomic E-state index is 13.6. The molecule has 1 fully saturated rings. The molecule has 2 rings (SSSR count). The molecule has 1 saturated carbocycles. The molecular formula is C19H31FN2O4Si. The number of halogens is 1. The second-order valence-electron chi connectivity index (χ2n) is 8.26. The highest BCUT2D eigenvalue weighted by Crippen LogP contribution is 2.29. The Morgan fingerprint density at radius 1 is 1.22 bits per heavy atom. The van der Waals surface area contributed by atoms with Crippen molar-refractivity contribution >= 4 is 19.9 Å². The van der Waals surface area contributed by atoms with Gasteiger partial charge >= 0.3 is 6.09 Å². The lowest BCUT2D eigenvalue weighted by molar-refractivity contribution is 0.0223. The van der Waals surface area contributed by atoms with Crippen LogP contribution in [0.4, 0.5) is 14.9 Å². The first-order valence-corrected chi connectivity index (χ1v) is 13.2. The molecule has 0 atom stereocenters. The van der Waals surface area contributed by atoms with Crippen molar-refractivity contribution in [1.29, 1.82) is 0 Å². The molecule has 0 bridgehead atoms. The first-order valence-electron chi connectivity index (χ1n) is 9.49. The third-order valence-electron chi connectivity index (χ3n) is 4.65. The molecule has 0 unspecified atom stereocenters. The van der Waals surface area contributed by atoms with Crippen molar-refractivity contribution in [2.24, 2.45) is 0 Å². The highest BCUT2D eigenvalue weighted by molar-refractivity contribution is 6.76. The zero-order chi connectivity index (χ0) is 19.9. The van der Waals surface area contributed by atoms with Crippen molar-refractivity contribution in [2.75, 3.05) is 18.7 Å². The molecule has 1 aromatic rings. The SMILES string of the molecule is C[Si](C)(C)CCOCOc1cc(F)ccc1NC1CCC(NC(=O)O)CC1. The molecule has 0 saturated heterocycles. The van der Waals surface area contributed by atoms with Crippen LogP contribution in [0, 0.1) is 5.82 Å². The number of nitrogens with one attached hydrogen (secondary N) is 2. The Morgan fingerprint density at radius 2 is 1.89 bits per heavy atom. The van der Waals surface area contributed by atoms with E-state index in [0.29, 0.717) is 12.4 Å². The molecule has 1 aromatic carbocycles. The van der Waals surface area contributed by atoms with Gasteiger partial charge in [0.15, 0.2) is 6.79 Å². The number of anilines is 1. The summed E-state index contributed by atoms with van der Waals surface area (Å²) in [5.41, 5.74) is 0.736. The summed E-state index contributed by atoms with van der Waals surface area (Å²) in [6, 6.07) is 5.70. The number of carbonyl (C=O) groups is 1. The van der Waals surface area contributed by atoms with Crippen molar-refractivity contribution < 1.29 is 23.8 Å². The van der Waals surface area contributed by atoms with Crippen LogP contribution in [0.15, 0.2) is 18.2 Å². The number of ether oxygens (including phenoxy) is 2. The summed E-state index contributed by atoms with van der Waals surface area (Å²) < 4.78 is 24.8. The van der Waals surface area contributed by atoms with Crippen molar-refractivity contribution in [3.05, 3.63) is 24.0 Å². The molecular weight excluding hydrogens is 367 g/mol. The lowest BCUT2D eigenvalue weighted by Gasteiger charge is -2.30. The van der Waals surface area contributed by atoms with Gasteiger partial charge in [0.2, 0.25) is 0 Å². The van der Waals surface area contributed by atoms with Gasteiger partial charge < -0.3 is 25.2 Å². The van der Waals surface area contributed by atoms with E-state index in [4.69, 9.17) is 14.6 Å². The van der Waals surface area contributed by atoms with Gasteiger partial charge in [-0.05, 0) is 43.9 Å². The van der Waals surface area contributed by atoms with E-state index < -0.39 is 14.2 Å². The summed E-state index contributed by atoms with van der Waals surface area (Å²) >= 11 is 0. The van der Waals surface area contributed by atoms with E-state index in [9.17, 15) is 9.18 Å². The molecule has 0 spiro atoms. The molecule has 0 aromatic heterocycles. The number of benzene rings is 1. The van der Waals surface area contributed by atoms with Crippen LogP contribution >= 0.6 is 0 Å². The van der Waals surface area contributed by atoms with Crippen LogP contribution in [0.2, 0.25) is 25.7 Å². The van der Waals surface area contributed by atoms with Gasteiger partial charge in [-0.3, -0.25) is 0 Å². The summed E-state index contributed by atoms with van der Waals surface area (Å²) in [6.45, 7) is 7.60. The van der Waals surface area contributed by atoms with E-state index in [-0.39, 0.29) is 24.7 Å². The summed E-state index contributed by atoms with van der Waals surface area (Å²) in [5, 5.41) is 14.7. The highest BCUT2D eigenvalue weighted by atomic mass is 28.3. The predicted molar refractivity (Wildman–Crippen MR) is 107 cm³/mol. The second kappa shape index (κ2) is 9.94. The minimum Gasteiger partial charge on any atom is -0.465 e. The standard InChI is InChI=1S/C19H31FN2O4Si/c1-27(2,3)11-10-25-13-26-18-12-14(20)4-9-17(18)21-15-5-7-16(8-6-15)22-19(23)24/h4,9,12,15-16,21-22H,5-8,10-11,13H2,1-3H3,(H,23,24). The zero-order valence-electron chi connectivity index (χ0n) is 16.4. The summed E-state index contributed by atoms with van der Waals surface area (Å²) in [7, 11) is -1.15. The van der Waals surface area contributed by atoms with E-state index >= 15 is 0 Å². The number of rotatable bonds is 9. The molecule has 6 nitrogen and oxygen atoms in total. The van der Waals surface area contributed by atoms with Crippen LogP contribution in [-0.2, 0) is 4.74 Å². The maximum Gasteiger partial charge on any atom is 0.404 e. The van der Waals surface area contributed by atoms with Gasteiger partial charge in [0.25, 0.3) is 0 Å². The van der Waals surface area contributed by atoms with Gasteiger partial charge in [-0.2, -0.15) is 0 Å². The van der Waals surface area contributed by atoms with Crippen LogP contribution in [0.3, 0.4) is 0 Å². The lowest BCUT2D eigenvalue weighted by Crippen LogP contribution is -2.39. The van der Waals surface area contributed by atoms with Crippen LogP contribution < -0.4 is 15.4 Å². The van der Waals surface area contributed by atoms with E-state index in [2.05, 4.69) is 30.3 Å². The van der Waals surface area contributed by atoms with Gasteiger partial charge in [0.05, 0.1) is 5.69 Å². The Balaban J connectivity index is 1.83. The molecule has 1 aliphatic rings. The molecule has 152 valence electrons. The fraction of sp³-hybridized carbons (Fsp3) is 0.632. The fourth-order valence-corrected chi connectivity index (χ4v) is 3.81. The minimum atomic E-state index is -1.15. The van der Waals surface area contributed by atoms with Gasteiger partial charge in [0.1, 0.15) is 11.6 Å². The molecule has 3 N–H and O–H groups in total. The fourth-order valence-electron chi connectivity index (χ4n) is 3.05.